The number of nitrogens with two attached hydrogens (primary N) is 1. The van der Waals surface area contributed by atoms with Crippen molar-refractivity contribution >= 4 is 46.0 Å². The largest absolute Gasteiger partial charge is 0.398 e. The number of amides is 2. The number of fused-ring (bicyclic) bond motifs is 1. The zero-order chi connectivity index (χ0) is 29.1. The Morgan fingerprint density at radius 1 is 1.12 bits per heavy atom. The van der Waals surface area contributed by atoms with Crippen molar-refractivity contribution in [1.29, 1.82) is 0 Å². The van der Waals surface area contributed by atoms with Gasteiger partial charge in [0.25, 0.3) is 17.4 Å². The molecule has 0 aliphatic heterocycles. The van der Waals surface area contributed by atoms with E-state index in [-0.39, 0.29) is 41.7 Å². The van der Waals surface area contributed by atoms with Crippen molar-refractivity contribution in [3.63, 3.8) is 0 Å². The van der Waals surface area contributed by atoms with Crippen LogP contribution >= 0.6 is 11.3 Å². The number of nitrogens with zero attached hydrogens (tertiary/aromatic N) is 2. The smallest absolute Gasteiger partial charge is 0.293 e. The Hall–Kier alpha value is -4.48. The first-order valence-electron chi connectivity index (χ1n) is 13.4. The van der Waals surface area contributed by atoms with Crippen LogP contribution < -0.4 is 27.2 Å². The summed E-state index contributed by atoms with van der Waals surface area (Å²) >= 11 is 1.57. The van der Waals surface area contributed by atoms with Crippen LogP contribution in [-0.2, 0) is 19.9 Å². The van der Waals surface area contributed by atoms with Gasteiger partial charge in [-0.2, -0.15) is 0 Å². The topological polar surface area (TPSA) is 151 Å². The van der Waals surface area contributed by atoms with E-state index >= 15 is 0 Å². The van der Waals surface area contributed by atoms with Crippen molar-refractivity contribution in [3.05, 3.63) is 85.5 Å². The molecule has 0 bridgehead atoms. The molecule has 10 nitrogen and oxygen atoms in total. The zero-order valence-electron chi connectivity index (χ0n) is 22.9. The van der Waals surface area contributed by atoms with E-state index in [0.717, 1.165) is 30.4 Å². The van der Waals surface area contributed by atoms with Crippen LogP contribution in [0.1, 0.15) is 48.9 Å². The number of aliphatic hydroxyl groups excluding tert-OH is 1. The molecular formula is C30H32N6O4S. The second-order valence-electron chi connectivity index (χ2n) is 10.00. The third-order valence-corrected chi connectivity index (χ3v) is 8.34. The first-order chi connectivity index (χ1) is 19.7. The van der Waals surface area contributed by atoms with Gasteiger partial charge in [-0.15, -0.1) is 11.3 Å². The number of nitrogens with one attached hydrogen (secondary N) is 3. The van der Waals surface area contributed by atoms with Gasteiger partial charge in [0, 0.05) is 47.3 Å². The third kappa shape index (κ3) is 6.01. The molecule has 11 heteroatoms. The van der Waals surface area contributed by atoms with Gasteiger partial charge in [-0.1, -0.05) is 12.1 Å². The van der Waals surface area contributed by atoms with Crippen LogP contribution in [0.25, 0.3) is 11.3 Å². The monoisotopic (exact) mass is 572 g/mol. The van der Waals surface area contributed by atoms with Crippen molar-refractivity contribution in [2.45, 2.75) is 32.6 Å². The second kappa shape index (κ2) is 11.9. The summed E-state index contributed by atoms with van der Waals surface area (Å²) in [7, 11) is 1.64. The molecule has 4 aromatic rings. The van der Waals surface area contributed by atoms with Crippen LogP contribution in [0.2, 0.25) is 0 Å². The molecule has 2 aromatic heterocycles. The Labute approximate surface area is 241 Å². The zero-order valence-corrected chi connectivity index (χ0v) is 23.7. The summed E-state index contributed by atoms with van der Waals surface area (Å²) in [6.07, 6.45) is 6.04. The van der Waals surface area contributed by atoms with E-state index in [1.807, 2.05) is 31.2 Å². The average molecular weight is 573 g/mol. The van der Waals surface area contributed by atoms with Crippen molar-refractivity contribution in [3.8, 4) is 11.3 Å². The van der Waals surface area contributed by atoms with Crippen LogP contribution in [0, 0.1) is 6.92 Å². The Balaban J connectivity index is 1.39. The molecule has 1 aliphatic rings. The molecule has 0 radical (unpaired) electrons. The number of aromatic nitrogens is 2. The first kappa shape index (κ1) is 28.1. The fraction of sp³-hybridized carbons (Fsp3) is 0.267. The van der Waals surface area contributed by atoms with Crippen LogP contribution in [0.15, 0.2) is 53.5 Å². The highest BCUT2D eigenvalue weighted by Crippen LogP contribution is 2.32. The van der Waals surface area contributed by atoms with Crippen LogP contribution in [0.5, 0.6) is 0 Å². The molecule has 212 valence electrons. The van der Waals surface area contributed by atoms with Gasteiger partial charge in [-0.05, 0) is 74.1 Å². The van der Waals surface area contributed by atoms with Crippen molar-refractivity contribution < 1.29 is 14.7 Å². The summed E-state index contributed by atoms with van der Waals surface area (Å²) in [5.41, 5.74) is 10.8. The number of benzene rings is 2. The van der Waals surface area contributed by atoms with E-state index in [4.69, 9.17) is 10.8 Å². The molecule has 2 aromatic carbocycles. The lowest BCUT2D eigenvalue weighted by molar-refractivity contribution is 0.0945. The standard InChI is InChI=1S/C30H32N6O4S/c1-17-20(7-5-8-23(17)35-29(39)26-14-18-6-3-4-9-25(18)41-26)24-16-36(2)30(40)27(34-24)33-19-10-11-21(22(31)15-19)28(38)32-12-13-37/h5,7-8,10-11,14-16,37H,3-4,6,9,12-13,31H2,1-2H3,(H,32,38)(H,33,34)(H,35,39). The highest BCUT2D eigenvalue weighted by molar-refractivity contribution is 7.14. The Kier molecular flexibility index (Phi) is 8.18. The fourth-order valence-electron chi connectivity index (χ4n) is 4.90. The van der Waals surface area contributed by atoms with Gasteiger partial charge >= 0.3 is 0 Å². The molecule has 0 atom stereocenters. The van der Waals surface area contributed by atoms with E-state index in [9.17, 15) is 14.4 Å². The average Bonchev–Trinajstić information content (AvgIpc) is 3.40. The molecule has 2 heterocycles. The number of carbonyl (C=O) groups is 2. The number of aliphatic hydroxyl groups is 1. The van der Waals surface area contributed by atoms with E-state index in [0.29, 0.717) is 21.9 Å². The number of thiophene rings is 1. The van der Waals surface area contributed by atoms with Gasteiger partial charge < -0.3 is 31.4 Å². The van der Waals surface area contributed by atoms with Crippen molar-refractivity contribution in [1.82, 2.24) is 14.9 Å². The summed E-state index contributed by atoms with van der Waals surface area (Å²) in [5, 5.41) is 17.6. The molecule has 0 fully saturated rings. The highest BCUT2D eigenvalue weighted by atomic mass is 32.1. The third-order valence-electron chi connectivity index (χ3n) is 7.11. The Bertz CT molecular complexity index is 1670. The molecule has 41 heavy (non-hydrogen) atoms. The quantitative estimate of drug-likeness (QED) is 0.200. The van der Waals surface area contributed by atoms with Gasteiger partial charge in [0.15, 0.2) is 5.82 Å². The van der Waals surface area contributed by atoms with E-state index in [1.54, 1.807) is 42.8 Å². The molecule has 0 saturated carbocycles. The van der Waals surface area contributed by atoms with E-state index < -0.39 is 5.91 Å². The van der Waals surface area contributed by atoms with Gasteiger partial charge in [0.05, 0.1) is 22.7 Å². The molecule has 0 saturated heterocycles. The molecule has 1 aliphatic carbocycles. The molecule has 2 amide bonds. The SMILES string of the molecule is Cc1c(NC(=O)c2cc3c(s2)CCCC3)cccc1-c1cn(C)c(=O)c(Nc2ccc(C(=O)NCCO)c(N)c2)n1. The van der Waals surface area contributed by atoms with Gasteiger partial charge in [0.1, 0.15) is 0 Å². The number of aryl methyl sites for hydroxylation is 3. The number of hydrogen-bond donors (Lipinski definition) is 5. The summed E-state index contributed by atoms with van der Waals surface area (Å²) in [6.45, 7) is 1.85. The number of carbonyl (C=O) groups excluding carboxylic acids is 2. The predicted molar refractivity (Wildman–Crippen MR) is 162 cm³/mol. The first-order valence-corrected chi connectivity index (χ1v) is 14.2. The predicted octanol–water partition coefficient (Wildman–Crippen LogP) is 4.00. The van der Waals surface area contributed by atoms with Gasteiger partial charge in [0.2, 0.25) is 0 Å². The lowest BCUT2D eigenvalue weighted by Crippen LogP contribution is -2.27. The maximum Gasteiger partial charge on any atom is 0.293 e. The highest BCUT2D eigenvalue weighted by Gasteiger charge is 2.19. The Morgan fingerprint density at radius 3 is 2.68 bits per heavy atom. The maximum atomic E-state index is 13.1. The Morgan fingerprint density at radius 2 is 1.93 bits per heavy atom. The second-order valence-corrected chi connectivity index (χ2v) is 11.1. The number of rotatable bonds is 8. The summed E-state index contributed by atoms with van der Waals surface area (Å²) in [6, 6.07) is 12.3. The minimum atomic E-state index is -0.403. The summed E-state index contributed by atoms with van der Waals surface area (Å²) in [4.78, 5) is 44.9. The summed E-state index contributed by atoms with van der Waals surface area (Å²) < 4.78 is 1.44. The van der Waals surface area contributed by atoms with Crippen LogP contribution in [-0.4, -0.2) is 39.6 Å². The van der Waals surface area contributed by atoms with Crippen LogP contribution in [0.4, 0.5) is 22.9 Å². The molecule has 0 unspecified atom stereocenters. The number of nitrogen functional groups attached to an aromatic ring is 1. The number of anilines is 4. The van der Waals surface area contributed by atoms with Gasteiger partial charge in [-0.3, -0.25) is 14.4 Å². The maximum absolute atomic E-state index is 13.1. The normalized spacial score (nSPS) is 12.5. The minimum absolute atomic E-state index is 0.0832. The summed E-state index contributed by atoms with van der Waals surface area (Å²) in [5.74, 6) is -0.452. The van der Waals surface area contributed by atoms with E-state index in [1.165, 1.54) is 21.4 Å². The molecule has 5 rings (SSSR count). The molecular weight excluding hydrogens is 540 g/mol. The number of hydrogen-bond acceptors (Lipinski definition) is 8. The lowest BCUT2D eigenvalue weighted by atomic mass is 9.99. The van der Waals surface area contributed by atoms with Crippen LogP contribution in [0.3, 0.4) is 0 Å². The fourth-order valence-corrected chi connectivity index (χ4v) is 6.05. The molecule has 6 N–H and O–H groups in total. The lowest BCUT2D eigenvalue weighted by Gasteiger charge is -2.15. The minimum Gasteiger partial charge on any atom is -0.398 e. The molecule has 0 spiro atoms. The van der Waals surface area contributed by atoms with Crippen molar-refractivity contribution in [2.24, 2.45) is 7.05 Å². The van der Waals surface area contributed by atoms with Gasteiger partial charge in [-0.25, -0.2) is 4.98 Å². The van der Waals surface area contributed by atoms with E-state index in [2.05, 4.69) is 20.9 Å². The van der Waals surface area contributed by atoms with Crippen molar-refractivity contribution in [2.75, 3.05) is 29.5 Å².